The number of para-hydroxylation sites is 2. The molecule has 1 aromatic rings. The molecule has 0 saturated carbocycles. The van der Waals surface area contributed by atoms with Crippen molar-refractivity contribution in [1.29, 1.82) is 0 Å². The minimum absolute atomic E-state index is 0.0660. The minimum atomic E-state index is -0.175. The Morgan fingerprint density at radius 2 is 2.00 bits per heavy atom. The van der Waals surface area contributed by atoms with Crippen molar-refractivity contribution in [3.05, 3.63) is 24.3 Å². The second-order valence-corrected chi connectivity index (χ2v) is 6.42. The summed E-state index contributed by atoms with van der Waals surface area (Å²) in [4.78, 5) is 5.30. The van der Waals surface area contributed by atoms with E-state index in [1.807, 2.05) is 31.2 Å². The van der Waals surface area contributed by atoms with Gasteiger partial charge in [-0.15, -0.1) is 4.99 Å². The van der Waals surface area contributed by atoms with Gasteiger partial charge in [0.15, 0.2) is 5.75 Å². The third kappa shape index (κ3) is 6.40. The quantitative estimate of drug-likeness (QED) is 0.435. The van der Waals surface area contributed by atoms with E-state index in [0.717, 1.165) is 43.9 Å². The van der Waals surface area contributed by atoms with Gasteiger partial charge in [0.2, 0.25) is 0 Å². The molecule has 0 aromatic heterocycles. The summed E-state index contributed by atoms with van der Waals surface area (Å²) < 4.78 is 11.4. The van der Waals surface area contributed by atoms with Crippen LogP contribution in [0.2, 0.25) is 0 Å². The Bertz CT molecular complexity index is 513. The number of piperidine rings is 1. The van der Waals surface area contributed by atoms with E-state index in [4.69, 9.17) is 9.47 Å². The predicted molar refractivity (Wildman–Crippen MR) is 95.9 cm³/mol. The number of nitrogens with zero attached hydrogens (tertiary/aromatic N) is 1. The predicted octanol–water partition coefficient (Wildman–Crippen LogP) is 2.38. The fraction of sp³-hybridized carbons (Fsp3) is 0.632. The van der Waals surface area contributed by atoms with E-state index in [-0.39, 0.29) is 12.2 Å². The molecule has 0 bridgehead atoms. The Morgan fingerprint density at radius 3 is 2.75 bits per heavy atom. The Kier molecular flexibility index (Phi) is 7.89. The van der Waals surface area contributed by atoms with Gasteiger partial charge < -0.3 is 14.6 Å². The second-order valence-electron chi connectivity index (χ2n) is 6.42. The molecule has 1 atom stereocenters. The van der Waals surface area contributed by atoms with Crippen LogP contribution in [0.5, 0.6) is 5.75 Å². The zero-order chi connectivity index (χ0) is 17.2. The van der Waals surface area contributed by atoms with E-state index < -0.39 is 0 Å². The van der Waals surface area contributed by atoms with E-state index in [1.165, 1.54) is 19.3 Å². The lowest BCUT2D eigenvalue weighted by atomic mass is 10.1. The summed E-state index contributed by atoms with van der Waals surface area (Å²) in [6.45, 7) is 7.86. The molecule has 1 aliphatic heterocycles. The summed E-state index contributed by atoms with van der Waals surface area (Å²) in [7, 11) is 0. The third-order valence-corrected chi connectivity index (χ3v) is 4.16. The number of nitrogens with one attached hydrogen (secondary N) is 1. The average molecular weight is 335 g/mol. The van der Waals surface area contributed by atoms with Gasteiger partial charge in [-0.25, -0.2) is 0 Å². The van der Waals surface area contributed by atoms with Crippen molar-refractivity contribution in [2.75, 3.05) is 26.2 Å². The van der Waals surface area contributed by atoms with Crippen LogP contribution in [0, 0.1) is 0 Å². The Morgan fingerprint density at radius 1 is 1.25 bits per heavy atom. The van der Waals surface area contributed by atoms with Gasteiger partial charge in [-0.1, -0.05) is 31.9 Å². The molecule has 0 radical (unpaired) electrons. The van der Waals surface area contributed by atoms with Crippen LogP contribution >= 0.6 is 0 Å². The lowest BCUT2D eigenvalue weighted by molar-refractivity contribution is -0.384. The van der Waals surface area contributed by atoms with Gasteiger partial charge in [0.1, 0.15) is 6.10 Å². The number of aliphatic hydroxyl groups is 1. The average Bonchev–Trinajstić information content (AvgIpc) is 2.57. The molecule has 0 aliphatic carbocycles. The fourth-order valence-corrected chi connectivity index (χ4v) is 2.90. The first-order chi connectivity index (χ1) is 11.7. The molecule has 2 N–H and O–H groups in total. The van der Waals surface area contributed by atoms with Gasteiger partial charge in [-0.3, -0.25) is 4.90 Å². The molecule has 5 heteroatoms. The van der Waals surface area contributed by atoms with Crippen LogP contribution in [0.3, 0.4) is 0 Å². The van der Waals surface area contributed by atoms with E-state index in [9.17, 15) is 5.11 Å². The zero-order valence-electron chi connectivity index (χ0n) is 15.0. The summed E-state index contributed by atoms with van der Waals surface area (Å²) >= 11 is 0. The number of aliphatic hydroxyl groups excluding tert-OH is 1. The number of benzene rings is 1. The van der Waals surface area contributed by atoms with Crippen LogP contribution in [-0.4, -0.2) is 48.4 Å². The van der Waals surface area contributed by atoms with Crippen molar-refractivity contribution in [1.82, 2.24) is 4.90 Å². The van der Waals surface area contributed by atoms with Crippen molar-refractivity contribution in [3.63, 3.8) is 0 Å². The number of likely N-dealkylation sites (tertiary alicyclic amines) is 1. The smallest absolute Gasteiger partial charge is 0.487 e. The van der Waals surface area contributed by atoms with E-state index in [1.54, 1.807) is 0 Å². The molecular formula is C19H31N2O3+. The molecule has 0 spiro atoms. The molecule has 1 aromatic carbocycles. The van der Waals surface area contributed by atoms with E-state index >= 15 is 0 Å². The Labute approximate surface area is 145 Å². The highest BCUT2D eigenvalue weighted by atomic mass is 16.6. The van der Waals surface area contributed by atoms with Gasteiger partial charge in [0.05, 0.1) is 6.61 Å². The fourth-order valence-electron chi connectivity index (χ4n) is 2.90. The standard InChI is InChI=1S/C19H30N2O3/c1-3-4-14-23-18-11-7-6-10-17(18)20-19(22)24-16(2)15-21-12-8-5-9-13-21/h6-7,10-11,16H,3-5,8-9,12-15H2,1-2H3,(H,20,22)/p+1/t16-/m1/s1. The molecule has 1 heterocycles. The molecular weight excluding hydrogens is 304 g/mol. The molecule has 0 amide bonds. The highest BCUT2D eigenvalue weighted by Gasteiger charge is 2.18. The SMILES string of the molecule is CCCCOc1ccccc1[NH+]=C(O)O[C@H](C)CN1CCCCC1. The third-order valence-electron chi connectivity index (χ3n) is 4.16. The first kappa shape index (κ1) is 18.6. The molecule has 1 saturated heterocycles. The number of rotatable bonds is 8. The minimum Gasteiger partial charge on any atom is -0.487 e. The monoisotopic (exact) mass is 335 g/mol. The van der Waals surface area contributed by atoms with Crippen molar-refractivity contribution >= 4 is 11.8 Å². The number of ether oxygens (including phenoxy) is 2. The normalized spacial score (nSPS) is 17.5. The van der Waals surface area contributed by atoms with Crippen LogP contribution in [0.25, 0.3) is 0 Å². The maximum absolute atomic E-state index is 10.1. The first-order valence-corrected chi connectivity index (χ1v) is 9.12. The highest BCUT2D eigenvalue weighted by molar-refractivity contribution is 5.60. The van der Waals surface area contributed by atoms with Crippen molar-refractivity contribution in [2.45, 2.75) is 52.1 Å². The molecule has 24 heavy (non-hydrogen) atoms. The molecule has 0 unspecified atom stereocenters. The van der Waals surface area contributed by atoms with Gasteiger partial charge >= 0.3 is 6.08 Å². The lowest BCUT2D eigenvalue weighted by Crippen LogP contribution is -2.67. The van der Waals surface area contributed by atoms with E-state index in [2.05, 4.69) is 16.8 Å². The number of hydrogen-bond donors (Lipinski definition) is 2. The summed E-state index contributed by atoms with van der Waals surface area (Å²) in [6.07, 6.45) is 5.68. The largest absolute Gasteiger partial charge is 0.551 e. The van der Waals surface area contributed by atoms with Crippen molar-refractivity contribution in [3.8, 4) is 5.75 Å². The maximum Gasteiger partial charge on any atom is 0.551 e. The highest BCUT2D eigenvalue weighted by Crippen LogP contribution is 2.18. The summed E-state index contributed by atoms with van der Waals surface area (Å²) in [5, 5.41) is 10.1. The van der Waals surface area contributed by atoms with Gasteiger partial charge in [0, 0.05) is 12.6 Å². The Hall–Kier alpha value is -1.75. The summed E-state index contributed by atoms with van der Waals surface area (Å²) in [5.74, 6) is 0.727. The molecule has 2 rings (SSSR count). The first-order valence-electron chi connectivity index (χ1n) is 9.12. The second kappa shape index (κ2) is 10.2. The van der Waals surface area contributed by atoms with Crippen molar-refractivity contribution in [2.24, 2.45) is 0 Å². The topological polar surface area (TPSA) is 55.9 Å². The van der Waals surface area contributed by atoms with Crippen LogP contribution in [-0.2, 0) is 4.74 Å². The maximum atomic E-state index is 10.1. The summed E-state index contributed by atoms with van der Waals surface area (Å²) in [6, 6.07) is 7.58. The van der Waals surface area contributed by atoms with Gasteiger partial charge in [0.25, 0.3) is 5.69 Å². The van der Waals surface area contributed by atoms with Crippen LogP contribution in [0.15, 0.2) is 24.3 Å². The zero-order valence-corrected chi connectivity index (χ0v) is 15.0. The van der Waals surface area contributed by atoms with Crippen molar-refractivity contribution < 1.29 is 19.6 Å². The van der Waals surface area contributed by atoms with E-state index in [0.29, 0.717) is 6.61 Å². The number of hydrogen-bond acceptors (Lipinski definition) is 3. The molecule has 5 nitrogen and oxygen atoms in total. The van der Waals surface area contributed by atoms with Crippen LogP contribution in [0.4, 0.5) is 5.69 Å². The van der Waals surface area contributed by atoms with Gasteiger partial charge in [-0.2, -0.15) is 0 Å². The van der Waals surface area contributed by atoms with Crippen LogP contribution < -0.4 is 9.73 Å². The lowest BCUT2D eigenvalue weighted by Gasteiger charge is -2.28. The Balaban J connectivity index is 1.89. The molecule has 1 aliphatic rings. The van der Waals surface area contributed by atoms with Gasteiger partial charge in [-0.05, 0) is 45.3 Å². The molecule has 134 valence electrons. The number of unbranched alkanes of at least 4 members (excludes halogenated alkanes) is 1. The van der Waals surface area contributed by atoms with Crippen LogP contribution in [0.1, 0.15) is 46.0 Å². The molecule has 1 fully saturated rings. The summed E-state index contributed by atoms with van der Waals surface area (Å²) in [5.41, 5.74) is 0.719.